The van der Waals surface area contributed by atoms with E-state index in [-0.39, 0.29) is 18.0 Å². The quantitative estimate of drug-likeness (QED) is 0.836. The Labute approximate surface area is 150 Å². The number of thiophene rings is 1. The average Bonchev–Trinajstić information content (AvgIpc) is 2.76. The lowest BCUT2D eigenvalue weighted by Crippen LogP contribution is -2.46. The zero-order valence-electron chi connectivity index (χ0n) is 15.3. The largest absolute Gasteiger partial charge is 0.451 e. The standard InChI is InChI=1S/C17H23N3O4S/c1-9-11(3)25-15-13(9)16(23)20(8-18-15)7-12(21)24-10(2)14(22)19-17(4,5)6/h8,10H,7H2,1-6H3,(H,19,22)/t10-/m0/s1. The van der Waals surface area contributed by atoms with E-state index in [2.05, 4.69) is 10.3 Å². The van der Waals surface area contributed by atoms with Crippen molar-refractivity contribution in [1.29, 1.82) is 0 Å². The summed E-state index contributed by atoms with van der Waals surface area (Å²) in [7, 11) is 0. The topological polar surface area (TPSA) is 90.3 Å². The lowest BCUT2D eigenvalue weighted by Gasteiger charge is -2.23. The Morgan fingerprint density at radius 2 is 2.00 bits per heavy atom. The summed E-state index contributed by atoms with van der Waals surface area (Å²) in [6, 6.07) is 0. The first kappa shape index (κ1) is 19.1. The van der Waals surface area contributed by atoms with Gasteiger partial charge in [-0.25, -0.2) is 4.98 Å². The molecule has 0 aromatic carbocycles. The molecule has 1 amide bonds. The fourth-order valence-electron chi connectivity index (χ4n) is 2.28. The van der Waals surface area contributed by atoms with Crippen LogP contribution in [0.1, 0.15) is 38.1 Å². The first-order valence-corrected chi connectivity index (χ1v) is 8.78. The Kier molecular flexibility index (Phi) is 5.31. The number of fused-ring (bicyclic) bond motifs is 1. The number of aryl methyl sites for hydroxylation is 2. The number of carbonyl (C=O) groups is 2. The number of nitrogens with one attached hydrogen (secondary N) is 1. The van der Waals surface area contributed by atoms with E-state index >= 15 is 0 Å². The van der Waals surface area contributed by atoms with Gasteiger partial charge in [0.2, 0.25) is 0 Å². The first-order valence-electron chi connectivity index (χ1n) is 7.96. The molecule has 0 aliphatic rings. The second kappa shape index (κ2) is 6.95. The minimum absolute atomic E-state index is 0.282. The van der Waals surface area contributed by atoms with Crippen LogP contribution in [0.5, 0.6) is 0 Å². The van der Waals surface area contributed by atoms with Gasteiger partial charge in [0.15, 0.2) is 6.10 Å². The van der Waals surface area contributed by atoms with Crippen molar-refractivity contribution in [3.63, 3.8) is 0 Å². The van der Waals surface area contributed by atoms with Crippen molar-refractivity contribution in [2.24, 2.45) is 0 Å². The van der Waals surface area contributed by atoms with Gasteiger partial charge in [-0.1, -0.05) is 0 Å². The number of nitrogens with zero attached hydrogens (tertiary/aromatic N) is 2. The summed E-state index contributed by atoms with van der Waals surface area (Å²) in [4.78, 5) is 42.5. The molecule has 1 atom stereocenters. The molecule has 0 bridgehead atoms. The van der Waals surface area contributed by atoms with E-state index in [0.717, 1.165) is 10.4 Å². The highest BCUT2D eigenvalue weighted by Gasteiger charge is 2.23. The smallest absolute Gasteiger partial charge is 0.326 e. The van der Waals surface area contributed by atoms with Crippen molar-refractivity contribution in [2.75, 3.05) is 0 Å². The molecule has 0 aliphatic carbocycles. The molecule has 0 fully saturated rings. The van der Waals surface area contributed by atoms with E-state index in [4.69, 9.17) is 4.74 Å². The van der Waals surface area contributed by atoms with E-state index in [1.165, 1.54) is 29.2 Å². The number of rotatable bonds is 4. The highest BCUT2D eigenvalue weighted by Crippen LogP contribution is 2.25. The number of aromatic nitrogens is 2. The summed E-state index contributed by atoms with van der Waals surface area (Å²) in [6.45, 7) is 10.5. The molecule has 0 radical (unpaired) electrons. The van der Waals surface area contributed by atoms with Crippen molar-refractivity contribution >= 4 is 33.4 Å². The van der Waals surface area contributed by atoms with Crippen LogP contribution in [0.25, 0.3) is 10.2 Å². The van der Waals surface area contributed by atoms with E-state index in [1.807, 2.05) is 34.6 Å². The Morgan fingerprint density at radius 1 is 1.36 bits per heavy atom. The van der Waals surface area contributed by atoms with Crippen LogP contribution in [0.3, 0.4) is 0 Å². The van der Waals surface area contributed by atoms with Gasteiger partial charge < -0.3 is 10.1 Å². The Hall–Kier alpha value is -2.22. The minimum atomic E-state index is -0.941. The van der Waals surface area contributed by atoms with Crippen LogP contribution in [0.15, 0.2) is 11.1 Å². The highest BCUT2D eigenvalue weighted by atomic mass is 32.1. The van der Waals surface area contributed by atoms with Crippen LogP contribution in [0, 0.1) is 13.8 Å². The third kappa shape index (κ3) is 4.45. The summed E-state index contributed by atoms with van der Waals surface area (Å²) in [5.74, 6) is -1.05. The Bertz CT molecular complexity index is 876. The highest BCUT2D eigenvalue weighted by molar-refractivity contribution is 7.18. The van der Waals surface area contributed by atoms with Crippen molar-refractivity contribution in [3.8, 4) is 0 Å². The van der Waals surface area contributed by atoms with Crippen molar-refractivity contribution < 1.29 is 14.3 Å². The molecule has 2 rings (SSSR count). The lowest BCUT2D eigenvalue weighted by molar-refractivity contribution is -0.156. The van der Waals surface area contributed by atoms with E-state index in [0.29, 0.717) is 10.2 Å². The maximum absolute atomic E-state index is 12.5. The number of ether oxygens (including phenoxy) is 1. The van der Waals surface area contributed by atoms with Crippen LogP contribution in [-0.2, 0) is 20.9 Å². The van der Waals surface area contributed by atoms with Gasteiger partial charge in [0.25, 0.3) is 11.5 Å². The molecule has 0 aliphatic heterocycles. The molecular formula is C17H23N3O4S. The van der Waals surface area contributed by atoms with Crippen molar-refractivity contribution in [3.05, 3.63) is 27.1 Å². The Morgan fingerprint density at radius 3 is 2.60 bits per heavy atom. The fourth-order valence-corrected chi connectivity index (χ4v) is 3.27. The number of hydrogen-bond acceptors (Lipinski definition) is 6. The number of carbonyl (C=O) groups excluding carboxylic acids is 2. The number of amides is 1. The first-order chi connectivity index (χ1) is 11.5. The van der Waals surface area contributed by atoms with Crippen LogP contribution in [0.4, 0.5) is 0 Å². The normalized spacial score (nSPS) is 12.9. The molecule has 1 N–H and O–H groups in total. The van der Waals surface area contributed by atoms with Crippen molar-refractivity contribution in [1.82, 2.24) is 14.9 Å². The maximum Gasteiger partial charge on any atom is 0.326 e. The fraction of sp³-hybridized carbons (Fsp3) is 0.529. The summed E-state index contributed by atoms with van der Waals surface area (Å²) < 4.78 is 6.34. The molecule has 25 heavy (non-hydrogen) atoms. The molecule has 0 saturated heterocycles. The van der Waals surface area contributed by atoms with E-state index < -0.39 is 17.6 Å². The molecule has 2 heterocycles. The summed E-state index contributed by atoms with van der Waals surface area (Å²) in [5.41, 5.74) is 0.173. The third-order valence-corrected chi connectivity index (χ3v) is 4.75. The summed E-state index contributed by atoms with van der Waals surface area (Å²) >= 11 is 1.45. The summed E-state index contributed by atoms with van der Waals surface area (Å²) in [5, 5.41) is 3.26. The molecule has 0 saturated carbocycles. The van der Waals surface area contributed by atoms with Crippen LogP contribution in [-0.4, -0.2) is 33.1 Å². The molecule has 7 nitrogen and oxygen atoms in total. The second-order valence-electron chi connectivity index (χ2n) is 7.01. The van der Waals surface area contributed by atoms with Gasteiger partial charge in [0, 0.05) is 10.4 Å². The monoisotopic (exact) mass is 365 g/mol. The summed E-state index contributed by atoms with van der Waals surface area (Å²) in [6.07, 6.45) is 0.394. The van der Waals surface area contributed by atoms with Gasteiger partial charge in [-0.2, -0.15) is 0 Å². The van der Waals surface area contributed by atoms with Gasteiger partial charge in [-0.05, 0) is 47.1 Å². The van der Waals surface area contributed by atoms with Crippen molar-refractivity contribution in [2.45, 2.75) is 59.7 Å². The zero-order chi connectivity index (χ0) is 18.9. The molecule has 136 valence electrons. The van der Waals surface area contributed by atoms with Gasteiger partial charge in [-0.15, -0.1) is 11.3 Å². The molecule has 2 aromatic heterocycles. The second-order valence-corrected chi connectivity index (χ2v) is 8.22. The average molecular weight is 365 g/mol. The Balaban J connectivity index is 2.12. The van der Waals surface area contributed by atoms with Crippen LogP contribution >= 0.6 is 11.3 Å². The molecule has 8 heteroatoms. The van der Waals surface area contributed by atoms with E-state index in [1.54, 1.807) is 0 Å². The number of esters is 1. The van der Waals surface area contributed by atoms with Crippen LogP contribution in [0.2, 0.25) is 0 Å². The zero-order valence-corrected chi connectivity index (χ0v) is 16.1. The van der Waals surface area contributed by atoms with Crippen LogP contribution < -0.4 is 10.9 Å². The molecular weight excluding hydrogens is 342 g/mol. The van der Waals surface area contributed by atoms with Gasteiger partial charge in [0.05, 0.1) is 11.7 Å². The van der Waals surface area contributed by atoms with Gasteiger partial charge in [0.1, 0.15) is 11.4 Å². The lowest BCUT2D eigenvalue weighted by atomic mass is 10.1. The predicted octanol–water partition coefficient (Wildman–Crippen LogP) is 1.92. The van der Waals surface area contributed by atoms with E-state index in [9.17, 15) is 14.4 Å². The van der Waals surface area contributed by atoms with Gasteiger partial charge >= 0.3 is 5.97 Å². The molecule has 0 unspecified atom stereocenters. The predicted molar refractivity (Wildman–Crippen MR) is 96.8 cm³/mol. The SMILES string of the molecule is Cc1sc2ncn(CC(=O)O[C@@H](C)C(=O)NC(C)(C)C)c(=O)c2c1C. The number of hydrogen-bond donors (Lipinski definition) is 1. The maximum atomic E-state index is 12.5. The molecule has 0 spiro atoms. The van der Waals surface area contributed by atoms with Gasteiger partial charge in [-0.3, -0.25) is 19.0 Å². The third-order valence-electron chi connectivity index (χ3n) is 3.63. The molecule has 2 aromatic rings. The minimum Gasteiger partial charge on any atom is -0.451 e.